The van der Waals surface area contributed by atoms with E-state index in [0.29, 0.717) is 12.4 Å². The van der Waals surface area contributed by atoms with Crippen LogP contribution in [0.3, 0.4) is 0 Å². The fourth-order valence-corrected chi connectivity index (χ4v) is 6.00. The van der Waals surface area contributed by atoms with Crippen molar-refractivity contribution in [2.45, 2.75) is 57.2 Å². The number of rotatable bonds is 12. The molecule has 0 bridgehead atoms. The SMILES string of the molecule is CC(C)(C)[S+]([O-])N[C@H](CCC(=O)O)P(=O)(O)CCc1ccccc1OCc1ccccc1. The fraction of sp³-hybridized carbons (Fsp3) is 0.435. The minimum Gasteiger partial charge on any atom is -0.598 e. The van der Waals surface area contributed by atoms with Crippen molar-refractivity contribution in [2.24, 2.45) is 0 Å². The minimum absolute atomic E-state index is 0.0860. The van der Waals surface area contributed by atoms with Crippen LogP contribution in [-0.2, 0) is 33.7 Å². The van der Waals surface area contributed by atoms with Crippen LogP contribution in [0.1, 0.15) is 44.7 Å². The summed E-state index contributed by atoms with van der Waals surface area (Å²) in [6, 6.07) is 17.0. The van der Waals surface area contributed by atoms with Crippen LogP contribution in [0.5, 0.6) is 5.75 Å². The zero-order chi connectivity index (χ0) is 23.8. The number of carboxylic acid groups (broad SMARTS) is 1. The molecule has 0 spiro atoms. The van der Waals surface area contributed by atoms with Crippen LogP contribution in [0, 0.1) is 0 Å². The average molecular weight is 482 g/mol. The first-order chi connectivity index (χ1) is 15.0. The molecule has 0 fully saturated rings. The second-order valence-electron chi connectivity index (χ2n) is 8.56. The Morgan fingerprint density at radius 2 is 1.78 bits per heavy atom. The van der Waals surface area contributed by atoms with E-state index in [1.54, 1.807) is 20.8 Å². The highest BCUT2D eigenvalue weighted by Crippen LogP contribution is 2.48. The monoisotopic (exact) mass is 481 g/mol. The first-order valence-electron chi connectivity index (χ1n) is 10.4. The molecule has 3 atom stereocenters. The lowest BCUT2D eigenvalue weighted by atomic mass is 10.1. The van der Waals surface area contributed by atoms with Crippen molar-refractivity contribution in [2.75, 3.05) is 6.16 Å². The topological polar surface area (TPSA) is 119 Å². The Labute approximate surface area is 193 Å². The normalized spacial score (nSPS) is 15.5. The van der Waals surface area contributed by atoms with Gasteiger partial charge in [-0.15, -0.1) is 4.72 Å². The highest BCUT2D eigenvalue weighted by atomic mass is 32.2. The van der Waals surface area contributed by atoms with E-state index in [1.807, 2.05) is 54.6 Å². The number of carbonyl (C=O) groups is 1. The summed E-state index contributed by atoms with van der Waals surface area (Å²) in [5.74, 6) is -1.52. The molecular formula is C23H32NO6PS. The van der Waals surface area contributed by atoms with Crippen molar-refractivity contribution in [1.82, 2.24) is 4.72 Å². The third-order valence-electron chi connectivity index (χ3n) is 4.83. The molecule has 0 saturated heterocycles. The van der Waals surface area contributed by atoms with Gasteiger partial charge in [0.25, 0.3) is 0 Å². The van der Waals surface area contributed by atoms with Gasteiger partial charge >= 0.3 is 5.97 Å². The lowest BCUT2D eigenvalue weighted by Crippen LogP contribution is -2.45. The number of hydrogen-bond donors (Lipinski definition) is 3. The largest absolute Gasteiger partial charge is 0.598 e. The van der Waals surface area contributed by atoms with Gasteiger partial charge in [-0.1, -0.05) is 48.5 Å². The smallest absolute Gasteiger partial charge is 0.303 e. The molecule has 2 unspecified atom stereocenters. The van der Waals surface area contributed by atoms with Gasteiger partial charge < -0.3 is 19.3 Å². The van der Waals surface area contributed by atoms with Crippen LogP contribution in [-0.4, -0.2) is 37.2 Å². The standard InChI is InChI=1S/C23H32NO6PS/c1-23(2,3)32(29)24-21(13-14-22(25)26)31(27,28)16-15-19-11-7-8-12-20(19)30-17-18-9-5-4-6-10-18/h4-12,21,24H,13-17H2,1-3H3,(H,25,26)(H,27,28)/t21-,32?/m0/s1. The lowest BCUT2D eigenvalue weighted by molar-refractivity contribution is -0.137. The molecule has 0 aliphatic heterocycles. The Morgan fingerprint density at radius 3 is 2.41 bits per heavy atom. The molecular weight excluding hydrogens is 449 g/mol. The minimum atomic E-state index is -3.87. The van der Waals surface area contributed by atoms with Crippen LogP contribution < -0.4 is 9.46 Å². The van der Waals surface area contributed by atoms with Crippen molar-refractivity contribution < 1.29 is 28.6 Å². The maximum atomic E-state index is 13.2. The van der Waals surface area contributed by atoms with E-state index < -0.39 is 35.2 Å². The molecule has 2 aromatic carbocycles. The average Bonchev–Trinajstić information content (AvgIpc) is 2.74. The van der Waals surface area contributed by atoms with E-state index >= 15 is 0 Å². The molecule has 0 heterocycles. The van der Waals surface area contributed by atoms with Crippen molar-refractivity contribution >= 4 is 24.7 Å². The Bertz CT molecular complexity index is 918. The number of hydrogen-bond acceptors (Lipinski definition) is 5. The number of carboxylic acids is 1. The van der Waals surface area contributed by atoms with Gasteiger partial charge in [0.05, 0.1) is 0 Å². The summed E-state index contributed by atoms with van der Waals surface area (Å²) >= 11 is -1.61. The number of para-hydroxylation sites is 1. The van der Waals surface area contributed by atoms with E-state index in [4.69, 9.17) is 9.84 Å². The van der Waals surface area contributed by atoms with Crippen molar-refractivity contribution in [3.8, 4) is 5.75 Å². The maximum Gasteiger partial charge on any atom is 0.303 e. The summed E-state index contributed by atoms with van der Waals surface area (Å²) < 4.78 is 33.7. The molecule has 7 nitrogen and oxygen atoms in total. The number of ether oxygens (including phenoxy) is 1. The summed E-state index contributed by atoms with van der Waals surface area (Å²) in [6.45, 7) is 5.61. The van der Waals surface area contributed by atoms with Crippen LogP contribution in [0.4, 0.5) is 0 Å². The van der Waals surface area contributed by atoms with Gasteiger partial charge in [-0.3, -0.25) is 9.36 Å². The molecule has 0 amide bonds. The summed E-state index contributed by atoms with van der Waals surface area (Å²) in [4.78, 5) is 21.8. The highest BCUT2D eigenvalue weighted by Gasteiger charge is 2.38. The first-order valence-corrected chi connectivity index (χ1v) is 13.5. The first kappa shape index (κ1) is 26.4. The van der Waals surface area contributed by atoms with Gasteiger partial charge in [-0.2, -0.15) is 0 Å². The number of aryl methyl sites for hydroxylation is 1. The Balaban J connectivity index is 2.09. The Hall–Kier alpha value is -1.83. The molecule has 2 aromatic rings. The van der Waals surface area contributed by atoms with Crippen molar-refractivity contribution in [1.29, 1.82) is 0 Å². The zero-order valence-corrected chi connectivity index (χ0v) is 20.4. The van der Waals surface area contributed by atoms with Crippen LogP contribution in [0.2, 0.25) is 0 Å². The van der Waals surface area contributed by atoms with Gasteiger partial charge in [0.15, 0.2) is 0 Å². The van der Waals surface area contributed by atoms with Gasteiger partial charge in [0.2, 0.25) is 7.37 Å². The summed E-state index contributed by atoms with van der Waals surface area (Å²) in [6.07, 6.45) is -0.194. The van der Waals surface area contributed by atoms with E-state index in [0.717, 1.165) is 11.1 Å². The molecule has 0 aromatic heterocycles. The summed E-state index contributed by atoms with van der Waals surface area (Å²) in [5.41, 5.74) is 1.80. The second-order valence-corrected chi connectivity index (χ2v) is 13.1. The third kappa shape index (κ3) is 8.60. The van der Waals surface area contributed by atoms with E-state index in [2.05, 4.69) is 4.72 Å². The van der Waals surface area contributed by atoms with Gasteiger partial charge in [0.1, 0.15) is 22.9 Å². The molecule has 0 radical (unpaired) electrons. The maximum absolute atomic E-state index is 13.2. The van der Waals surface area contributed by atoms with E-state index in [-0.39, 0.29) is 25.4 Å². The Morgan fingerprint density at radius 1 is 1.16 bits per heavy atom. The molecule has 32 heavy (non-hydrogen) atoms. The van der Waals surface area contributed by atoms with Gasteiger partial charge in [0, 0.05) is 23.9 Å². The molecule has 0 aliphatic rings. The number of nitrogens with one attached hydrogen (secondary N) is 1. The molecule has 176 valence electrons. The van der Waals surface area contributed by atoms with E-state index in [9.17, 15) is 18.8 Å². The van der Waals surface area contributed by atoms with Gasteiger partial charge in [-0.25, -0.2) is 0 Å². The third-order valence-corrected chi connectivity index (χ3v) is 8.84. The molecule has 2 rings (SSSR count). The molecule has 3 N–H and O–H groups in total. The predicted octanol–water partition coefficient (Wildman–Crippen LogP) is 4.32. The highest BCUT2D eigenvalue weighted by molar-refractivity contribution is 7.91. The van der Waals surface area contributed by atoms with Crippen LogP contribution in [0.25, 0.3) is 0 Å². The lowest BCUT2D eigenvalue weighted by Gasteiger charge is -2.30. The Kier molecular flexibility index (Phi) is 9.80. The van der Waals surface area contributed by atoms with Crippen molar-refractivity contribution in [3.63, 3.8) is 0 Å². The molecule has 0 aliphatic carbocycles. The van der Waals surface area contributed by atoms with Gasteiger partial charge in [-0.05, 0) is 50.8 Å². The predicted molar refractivity (Wildman–Crippen MR) is 127 cm³/mol. The van der Waals surface area contributed by atoms with E-state index in [1.165, 1.54) is 0 Å². The summed E-state index contributed by atoms with van der Waals surface area (Å²) in [5, 5.41) is 9.03. The fourth-order valence-electron chi connectivity index (χ4n) is 2.93. The molecule has 9 heteroatoms. The van der Waals surface area contributed by atoms with Crippen LogP contribution in [0.15, 0.2) is 54.6 Å². The van der Waals surface area contributed by atoms with Crippen LogP contribution >= 0.6 is 7.37 Å². The number of benzene rings is 2. The number of aliphatic carboxylic acids is 1. The van der Waals surface area contributed by atoms with Crippen molar-refractivity contribution in [3.05, 3.63) is 65.7 Å². The summed E-state index contributed by atoms with van der Waals surface area (Å²) in [7, 11) is -3.87. The molecule has 0 saturated carbocycles. The quantitative estimate of drug-likeness (QED) is 0.305. The second kappa shape index (κ2) is 11.9. The zero-order valence-electron chi connectivity index (χ0n) is 18.7.